The Morgan fingerprint density at radius 2 is 2.40 bits per heavy atom. The van der Waals surface area contributed by atoms with Crippen LogP contribution in [0, 0.1) is 0 Å². The van der Waals surface area contributed by atoms with Gasteiger partial charge in [0, 0.05) is 12.2 Å². The highest BCUT2D eigenvalue weighted by molar-refractivity contribution is 7.99. The van der Waals surface area contributed by atoms with Crippen molar-refractivity contribution in [3.63, 3.8) is 0 Å². The Hall–Kier alpha value is -1.43. The summed E-state index contributed by atoms with van der Waals surface area (Å²) in [6, 6.07) is 3.25. The Kier molecular flexibility index (Phi) is 5.52. The van der Waals surface area contributed by atoms with E-state index in [1.165, 1.54) is 0 Å². The van der Waals surface area contributed by atoms with Gasteiger partial charge in [0.25, 0.3) is 0 Å². The van der Waals surface area contributed by atoms with Gasteiger partial charge in [-0.25, -0.2) is 0 Å². The molecule has 1 aromatic heterocycles. The zero-order valence-corrected chi connectivity index (χ0v) is 12.4. The summed E-state index contributed by atoms with van der Waals surface area (Å²) in [4.78, 5) is 25.9. The van der Waals surface area contributed by atoms with E-state index in [-0.39, 0.29) is 17.9 Å². The minimum Gasteiger partial charge on any atom is -0.467 e. The topological polar surface area (TPSA) is 62.6 Å². The van der Waals surface area contributed by atoms with Crippen LogP contribution >= 0.6 is 11.8 Å². The number of nitrogens with zero attached hydrogens (tertiary/aromatic N) is 1. The third-order valence-electron chi connectivity index (χ3n) is 3.27. The van der Waals surface area contributed by atoms with Gasteiger partial charge in [0.15, 0.2) is 0 Å². The number of amides is 2. The molecule has 2 heterocycles. The zero-order chi connectivity index (χ0) is 14.4. The molecule has 1 atom stereocenters. The van der Waals surface area contributed by atoms with E-state index in [9.17, 15) is 9.59 Å². The molecule has 2 amide bonds. The zero-order valence-electron chi connectivity index (χ0n) is 11.6. The molecule has 1 aromatic rings. The lowest BCUT2D eigenvalue weighted by molar-refractivity contribution is -0.138. The van der Waals surface area contributed by atoms with Crippen LogP contribution in [0.3, 0.4) is 0 Å². The number of thioether (sulfide) groups is 1. The Morgan fingerprint density at radius 1 is 1.55 bits per heavy atom. The van der Waals surface area contributed by atoms with Crippen LogP contribution in [-0.2, 0) is 16.1 Å². The Bertz CT molecular complexity index is 447. The number of rotatable bonds is 6. The van der Waals surface area contributed by atoms with Gasteiger partial charge in [0.1, 0.15) is 11.8 Å². The molecule has 20 heavy (non-hydrogen) atoms. The molecule has 1 fully saturated rings. The lowest BCUT2D eigenvalue weighted by atomic mass is 10.2. The highest BCUT2D eigenvalue weighted by Crippen LogP contribution is 2.22. The smallest absolute Gasteiger partial charge is 0.244 e. The van der Waals surface area contributed by atoms with E-state index in [1.807, 2.05) is 6.07 Å². The molecule has 1 saturated heterocycles. The third kappa shape index (κ3) is 3.79. The average Bonchev–Trinajstić information content (AvgIpc) is 3.12. The van der Waals surface area contributed by atoms with Gasteiger partial charge in [-0.2, -0.15) is 0 Å². The number of unbranched alkanes of at least 4 members (excludes halogenated alkanes) is 1. The molecule has 6 heteroatoms. The number of carbonyl (C=O) groups excluding carboxylic acids is 2. The lowest BCUT2D eigenvalue weighted by Gasteiger charge is -2.22. The van der Waals surface area contributed by atoms with Gasteiger partial charge in [-0.1, -0.05) is 13.3 Å². The molecule has 0 aliphatic carbocycles. The predicted molar refractivity (Wildman–Crippen MR) is 78.0 cm³/mol. The summed E-state index contributed by atoms with van der Waals surface area (Å²) in [7, 11) is 0. The summed E-state index contributed by atoms with van der Waals surface area (Å²) in [6.45, 7) is 2.42. The lowest BCUT2D eigenvalue weighted by Crippen LogP contribution is -2.47. The molecule has 0 radical (unpaired) electrons. The number of hydrogen-bond acceptors (Lipinski definition) is 4. The fraction of sp³-hybridized carbons (Fsp3) is 0.571. The molecular weight excluding hydrogens is 276 g/mol. The third-order valence-corrected chi connectivity index (χ3v) is 4.28. The van der Waals surface area contributed by atoms with Crippen molar-refractivity contribution in [2.24, 2.45) is 0 Å². The van der Waals surface area contributed by atoms with Crippen LogP contribution in [0.2, 0.25) is 0 Å². The van der Waals surface area contributed by atoms with Crippen molar-refractivity contribution in [2.75, 3.05) is 11.6 Å². The van der Waals surface area contributed by atoms with Crippen LogP contribution in [0.4, 0.5) is 0 Å². The molecule has 0 bridgehead atoms. The molecule has 1 N–H and O–H groups in total. The van der Waals surface area contributed by atoms with Crippen molar-refractivity contribution in [3.05, 3.63) is 24.2 Å². The van der Waals surface area contributed by atoms with Gasteiger partial charge in [0.2, 0.25) is 11.8 Å². The second-order valence-corrected chi connectivity index (χ2v) is 5.78. The molecule has 0 aromatic carbocycles. The van der Waals surface area contributed by atoms with Crippen molar-refractivity contribution in [1.29, 1.82) is 0 Å². The van der Waals surface area contributed by atoms with Crippen molar-refractivity contribution in [3.8, 4) is 0 Å². The molecule has 1 unspecified atom stereocenters. The molecule has 0 spiro atoms. The maximum atomic E-state index is 12.2. The van der Waals surface area contributed by atoms with E-state index in [0.29, 0.717) is 30.4 Å². The maximum Gasteiger partial charge on any atom is 0.244 e. The number of furan rings is 1. The molecule has 110 valence electrons. The van der Waals surface area contributed by atoms with E-state index >= 15 is 0 Å². The molecule has 1 aliphatic rings. The van der Waals surface area contributed by atoms with Gasteiger partial charge in [-0.05, 0) is 18.6 Å². The number of carbonyl (C=O) groups is 2. The van der Waals surface area contributed by atoms with Crippen molar-refractivity contribution >= 4 is 23.6 Å². The maximum absolute atomic E-state index is 12.2. The van der Waals surface area contributed by atoms with Crippen LogP contribution in [0.5, 0.6) is 0 Å². The van der Waals surface area contributed by atoms with Crippen LogP contribution in [0.15, 0.2) is 22.8 Å². The highest BCUT2D eigenvalue weighted by Gasteiger charge is 2.33. The first-order valence-electron chi connectivity index (χ1n) is 6.89. The second-order valence-electron chi connectivity index (χ2n) is 4.78. The van der Waals surface area contributed by atoms with Crippen molar-refractivity contribution in [1.82, 2.24) is 10.2 Å². The van der Waals surface area contributed by atoms with E-state index in [0.717, 1.165) is 12.8 Å². The van der Waals surface area contributed by atoms with Gasteiger partial charge < -0.3 is 14.6 Å². The summed E-state index contributed by atoms with van der Waals surface area (Å²) in [5, 5.41) is 2.83. The van der Waals surface area contributed by atoms with E-state index < -0.39 is 0 Å². The van der Waals surface area contributed by atoms with Gasteiger partial charge in [0.05, 0.1) is 18.7 Å². The Balaban J connectivity index is 1.85. The minimum atomic E-state index is -0.348. The largest absolute Gasteiger partial charge is 0.467 e. The van der Waals surface area contributed by atoms with Crippen LogP contribution in [0.25, 0.3) is 0 Å². The summed E-state index contributed by atoms with van der Waals surface area (Å²) < 4.78 is 5.17. The number of hydrogen-bond donors (Lipinski definition) is 1. The quantitative estimate of drug-likeness (QED) is 0.872. The van der Waals surface area contributed by atoms with Crippen LogP contribution in [-0.4, -0.2) is 34.4 Å². The minimum absolute atomic E-state index is 0.0787. The van der Waals surface area contributed by atoms with Gasteiger partial charge in [-0.15, -0.1) is 11.8 Å². The SMILES string of the molecule is CCCCC(=O)N1CSCC1C(=O)NCc1ccco1. The summed E-state index contributed by atoms with van der Waals surface area (Å²) >= 11 is 1.62. The molecule has 5 nitrogen and oxygen atoms in total. The monoisotopic (exact) mass is 296 g/mol. The molecule has 0 saturated carbocycles. The summed E-state index contributed by atoms with van der Waals surface area (Å²) in [6.07, 6.45) is 3.97. The second kappa shape index (κ2) is 7.38. The number of nitrogens with one attached hydrogen (secondary N) is 1. The molecule has 2 rings (SSSR count). The summed E-state index contributed by atoms with van der Waals surface area (Å²) in [5.74, 6) is 1.97. The normalized spacial score (nSPS) is 18.2. The first-order valence-corrected chi connectivity index (χ1v) is 8.05. The fourth-order valence-corrected chi connectivity index (χ4v) is 3.26. The van der Waals surface area contributed by atoms with Gasteiger partial charge >= 0.3 is 0 Å². The first-order chi connectivity index (χ1) is 9.72. The Morgan fingerprint density at radius 3 is 3.10 bits per heavy atom. The fourth-order valence-electron chi connectivity index (χ4n) is 2.08. The van der Waals surface area contributed by atoms with Crippen LogP contribution < -0.4 is 5.32 Å². The van der Waals surface area contributed by atoms with Crippen LogP contribution in [0.1, 0.15) is 31.9 Å². The molecular formula is C14H20N2O3S. The van der Waals surface area contributed by atoms with Gasteiger partial charge in [-0.3, -0.25) is 9.59 Å². The van der Waals surface area contributed by atoms with E-state index in [4.69, 9.17) is 4.42 Å². The van der Waals surface area contributed by atoms with E-state index in [1.54, 1.807) is 29.0 Å². The predicted octanol–water partition coefficient (Wildman–Crippen LogP) is 1.99. The standard InChI is InChI=1S/C14H20N2O3S/c1-2-3-6-13(17)16-10-20-9-12(16)14(18)15-8-11-5-4-7-19-11/h4-5,7,12H,2-3,6,8-10H2,1H3,(H,15,18). The Labute approximate surface area is 123 Å². The summed E-state index contributed by atoms with van der Waals surface area (Å²) in [5.41, 5.74) is 0. The average molecular weight is 296 g/mol. The highest BCUT2D eigenvalue weighted by atomic mass is 32.2. The van der Waals surface area contributed by atoms with E-state index in [2.05, 4.69) is 12.2 Å². The molecule has 1 aliphatic heterocycles. The van der Waals surface area contributed by atoms with Crippen molar-refractivity contribution < 1.29 is 14.0 Å². The first kappa shape index (κ1) is 15.0. The van der Waals surface area contributed by atoms with Crippen molar-refractivity contribution in [2.45, 2.75) is 38.8 Å².